The lowest BCUT2D eigenvalue weighted by Gasteiger charge is -2.15. The molecule has 0 radical (unpaired) electrons. The molecule has 0 spiro atoms. The minimum atomic E-state index is -0.597. The molecule has 110 valence electrons. The number of Topliss-reactive ketones (excluding diaryl/α,β-unsaturated/α-hetero) is 1. The van der Waals surface area contributed by atoms with Gasteiger partial charge in [0, 0.05) is 32.9 Å². The molecule has 0 aromatic carbocycles. The topological polar surface area (TPSA) is 72.4 Å². The van der Waals surface area contributed by atoms with Crippen LogP contribution in [0, 0.1) is 0 Å². The molecule has 0 aliphatic heterocycles. The Morgan fingerprint density at radius 2 is 2.00 bits per heavy atom. The van der Waals surface area contributed by atoms with E-state index in [2.05, 4.69) is 14.7 Å². The molecule has 2 aromatic heterocycles. The number of rotatable bonds is 5. The van der Waals surface area contributed by atoms with Crippen LogP contribution in [0.25, 0.3) is 0 Å². The lowest BCUT2D eigenvalue weighted by atomic mass is 10.2. The average Bonchev–Trinajstić information content (AvgIpc) is 2.93. The van der Waals surface area contributed by atoms with Crippen molar-refractivity contribution in [3.63, 3.8) is 0 Å². The Bertz CT molecular complexity index is 655. The maximum absolute atomic E-state index is 11.7. The fourth-order valence-corrected chi connectivity index (χ4v) is 2.68. The zero-order valence-corrected chi connectivity index (χ0v) is 12.8. The molecule has 2 heterocycles. The zero-order chi connectivity index (χ0) is 15.4. The molecule has 21 heavy (non-hydrogen) atoms. The molecule has 0 bridgehead atoms. The van der Waals surface area contributed by atoms with Crippen LogP contribution >= 0.6 is 11.3 Å². The van der Waals surface area contributed by atoms with E-state index >= 15 is 0 Å². The van der Waals surface area contributed by atoms with Crippen molar-refractivity contribution in [1.29, 1.82) is 0 Å². The Hall–Kier alpha value is -2.28. The summed E-state index contributed by atoms with van der Waals surface area (Å²) in [5.41, 5.74) is 1.14. The van der Waals surface area contributed by atoms with Gasteiger partial charge >= 0.3 is 5.97 Å². The van der Waals surface area contributed by atoms with E-state index in [0.717, 1.165) is 5.56 Å². The lowest BCUT2D eigenvalue weighted by molar-refractivity contribution is 0.0591. The SMILES string of the molecule is COC(=O)c1nc(N(C)Cc2ccncc2)sc1C(C)=O. The summed E-state index contributed by atoms with van der Waals surface area (Å²) in [6.45, 7) is 2.01. The molecule has 0 atom stereocenters. The van der Waals surface area contributed by atoms with Crippen molar-refractivity contribution in [2.24, 2.45) is 0 Å². The predicted octanol–water partition coefficient (Wildman–Crippen LogP) is 2.16. The van der Waals surface area contributed by atoms with E-state index in [1.54, 1.807) is 12.4 Å². The second-order valence-corrected chi connectivity index (χ2v) is 5.41. The van der Waals surface area contributed by atoms with E-state index in [0.29, 0.717) is 16.6 Å². The maximum atomic E-state index is 11.7. The number of nitrogens with zero attached hydrogens (tertiary/aromatic N) is 3. The summed E-state index contributed by atoms with van der Waals surface area (Å²) in [4.78, 5) is 33.7. The van der Waals surface area contributed by atoms with Gasteiger partial charge in [-0.2, -0.15) is 0 Å². The number of carbonyl (C=O) groups excluding carboxylic acids is 2. The highest BCUT2D eigenvalue weighted by molar-refractivity contribution is 7.17. The first-order valence-electron chi connectivity index (χ1n) is 6.23. The number of hydrogen-bond donors (Lipinski definition) is 0. The van der Waals surface area contributed by atoms with Gasteiger partial charge < -0.3 is 9.64 Å². The van der Waals surface area contributed by atoms with Crippen molar-refractivity contribution < 1.29 is 14.3 Å². The van der Waals surface area contributed by atoms with Crippen LogP contribution in [0.15, 0.2) is 24.5 Å². The zero-order valence-electron chi connectivity index (χ0n) is 12.0. The Kier molecular flexibility index (Phi) is 4.64. The van der Waals surface area contributed by atoms with Gasteiger partial charge in [-0.05, 0) is 17.7 Å². The second-order valence-electron chi connectivity index (χ2n) is 4.43. The summed E-state index contributed by atoms with van der Waals surface area (Å²) < 4.78 is 4.66. The van der Waals surface area contributed by atoms with Crippen LogP contribution in [0.3, 0.4) is 0 Å². The number of carbonyl (C=O) groups is 2. The monoisotopic (exact) mass is 305 g/mol. The number of ether oxygens (including phenoxy) is 1. The predicted molar refractivity (Wildman–Crippen MR) is 79.8 cm³/mol. The molecule has 0 fully saturated rings. The highest BCUT2D eigenvalue weighted by atomic mass is 32.1. The normalized spacial score (nSPS) is 10.2. The summed E-state index contributed by atoms with van der Waals surface area (Å²) >= 11 is 1.19. The molecular formula is C14H15N3O3S. The number of thiazole rings is 1. The second kappa shape index (κ2) is 6.45. The third-order valence-corrected chi connectivity index (χ3v) is 4.08. The van der Waals surface area contributed by atoms with E-state index < -0.39 is 5.97 Å². The summed E-state index contributed by atoms with van der Waals surface area (Å²) in [5.74, 6) is -0.795. The van der Waals surface area contributed by atoms with Crippen LogP contribution in [0.2, 0.25) is 0 Å². The Balaban J connectivity index is 2.27. The number of anilines is 1. The third-order valence-electron chi connectivity index (χ3n) is 2.81. The van der Waals surface area contributed by atoms with Gasteiger partial charge in [0.25, 0.3) is 0 Å². The van der Waals surface area contributed by atoms with Crippen LogP contribution in [-0.2, 0) is 11.3 Å². The average molecular weight is 305 g/mol. The Labute approximate surface area is 126 Å². The molecule has 2 aromatic rings. The van der Waals surface area contributed by atoms with Crippen molar-refractivity contribution in [2.75, 3.05) is 19.1 Å². The third kappa shape index (κ3) is 3.43. The first-order valence-corrected chi connectivity index (χ1v) is 7.04. The van der Waals surface area contributed by atoms with E-state index in [1.165, 1.54) is 25.4 Å². The number of hydrogen-bond acceptors (Lipinski definition) is 7. The highest BCUT2D eigenvalue weighted by Gasteiger charge is 2.23. The van der Waals surface area contributed by atoms with Crippen molar-refractivity contribution in [3.8, 4) is 0 Å². The summed E-state index contributed by atoms with van der Waals surface area (Å²) in [6.07, 6.45) is 3.43. The number of aromatic nitrogens is 2. The van der Waals surface area contributed by atoms with Gasteiger partial charge in [-0.3, -0.25) is 9.78 Å². The van der Waals surface area contributed by atoms with E-state index in [9.17, 15) is 9.59 Å². The molecule has 7 heteroatoms. The fourth-order valence-electron chi connectivity index (χ4n) is 1.78. The van der Waals surface area contributed by atoms with E-state index in [4.69, 9.17) is 0 Å². The minimum absolute atomic E-state index is 0.0755. The molecule has 0 unspecified atom stereocenters. The molecule has 0 N–H and O–H groups in total. The Morgan fingerprint density at radius 3 is 2.57 bits per heavy atom. The van der Waals surface area contributed by atoms with Gasteiger partial charge in [0.2, 0.25) is 0 Å². The standard InChI is InChI=1S/C14H15N3O3S/c1-9(18)12-11(13(19)20-3)16-14(21-12)17(2)8-10-4-6-15-7-5-10/h4-7H,8H2,1-3H3. The van der Waals surface area contributed by atoms with E-state index in [1.807, 2.05) is 24.1 Å². The maximum Gasteiger partial charge on any atom is 0.358 e. The molecule has 0 saturated heterocycles. The number of ketones is 1. The molecule has 6 nitrogen and oxygen atoms in total. The van der Waals surface area contributed by atoms with Crippen LogP contribution in [0.4, 0.5) is 5.13 Å². The molecular weight excluding hydrogens is 290 g/mol. The van der Waals surface area contributed by atoms with Crippen LogP contribution < -0.4 is 4.90 Å². The first kappa shape index (κ1) is 15.1. The quantitative estimate of drug-likeness (QED) is 0.622. The molecule has 0 saturated carbocycles. The largest absolute Gasteiger partial charge is 0.464 e. The van der Waals surface area contributed by atoms with Gasteiger partial charge in [-0.15, -0.1) is 0 Å². The fraction of sp³-hybridized carbons (Fsp3) is 0.286. The highest BCUT2D eigenvalue weighted by Crippen LogP contribution is 2.27. The summed E-state index contributed by atoms with van der Waals surface area (Å²) in [7, 11) is 3.12. The van der Waals surface area contributed by atoms with Gasteiger partial charge in [0.1, 0.15) is 4.88 Å². The van der Waals surface area contributed by atoms with Gasteiger partial charge in [0.15, 0.2) is 16.6 Å². The molecule has 0 aliphatic rings. The Morgan fingerprint density at radius 1 is 1.33 bits per heavy atom. The van der Waals surface area contributed by atoms with Gasteiger partial charge in [0.05, 0.1) is 7.11 Å². The van der Waals surface area contributed by atoms with Gasteiger partial charge in [-0.25, -0.2) is 9.78 Å². The van der Waals surface area contributed by atoms with Crippen molar-refractivity contribution in [2.45, 2.75) is 13.5 Å². The van der Waals surface area contributed by atoms with Crippen LogP contribution in [0.5, 0.6) is 0 Å². The lowest BCUT2D eigenvalue weighted by Crippen LogP contribution is -2.16. The first-order chi connectivity index (χ1) is 10.0. The minimum Gasteiger partial charge on any atom is -0.464 e. The van der Waals surface area contributed by atoms with E-state index in [-0.39, 0.29) is 11.5 Å². The van der Waals surface area contributed by atoms with Crippen molar-refractivity contribution in [3.05, 3.63) is 40.7 Å². The number of pyridine rings is 1. The van der Waals surface area contributed by atoms with Crippen LogP contribution in [-0.4, -0.2) is 35.9 Å². The molecule has 2 rings (SSSR count). The van der Waals surface area contributed by atoms with Crippen LogP contribution in [0.1, 0.15) is 32.6 Å². The smallest absolute Gasteiger partial charge is 0.358 e. The van der Waals surface area contributed by atoms with Crippen molar-refractivity contribution in [1.82, 2.24) is 9.97 Å². The van der Waals surface area contributed by atoms with Crippen molar-refractivity contribution >= 4 is 28.2 Å². The molecule has 0 amide bonds. The summed E-state index contributed by atoms with van der Waals surface area (Å²) in [6, 6.07) is 3.80. The molecule has 0 aliphatic carbocycles. The number of methoxy groups -OCH3 is 1. The summed E-state index contributed by atoms with van der Waals surface area (Å²) in [5, 5.41) is 0.595. The van der Waals surface area contributed by atoms with Gasteiger partial charge in [-0.1, -0.05) is 11.3 Å². The number of esters is 1.